The highest BCUT2D eigenvalue weighted by Crippen LogP contribution is 2.31. The van der Waals surface area contributed by atoms with Crippen molar-refractivity contribution in [2.75, 3.05) is 37.4 Å². The van der Waals surface area contributed by atoms with Gasteiger partial charge in [-0.15, -0.1) is 0 Å². The molecule has 0 bridgehead atoms. The van der Waals surface area contributed by atoms with Crippen molar-refractivity contribution in [3.8, 4) is 0 Å². The summed E-state index contributed by atoms with van der Waals surface area (Å²) in [5.41, 5.74) is 1.02. The van der Waals surface area contributed by atoms with E-state index >= 15 is 0 Å². The fourth-order valence-electron chi connectivity index (χ4n) is 4.62. The summed E-state index contributed by atoms with van der Waals surface area (Å²) < 4.78 is 39.5. The molecule has 2 atom stereocenters. The van der Waals surface area contributed by atoms with Crippen LogP contribution in [0.25, 0.3) is 10.2 Å². The van der Waals surface area contributed by atoms with E-state index in [1.807, 2.05) is 18.2 Å². The number of nitrogens with one attached hydrogen (secondary N) is 1. The molecule has 9 nitrogen and oxygen atoms in total. The highest BCUT2D eigenvalue weighted by Gasteiger charge is 2.38. The molecule has 4 rings (SSSR count). The van der Waals surface area contributed by atoms with E-state index in [4.69, 9.17) is 14.5 Å². The number of aromatic nitrogens is 1. The predicted molar refractivity (Wildman–Crippen MR) is 134 cm³/mol. The summed E-state index contributed by atoms with van der Waals surface area (Å²) in [6.07, 6.45) is 3.59. The van der Waals surface area contributed by atoms with Gasteiger partial charge in [-0.2, -0.15) is 0 Å². The van der Waals surface area contributed by atoms with Crippen molar-refractivity contribution in [3.63, 3.8) is 0 Å². The van der Waals surface area contributed by atoms with Crippen molar-refractivity contribution in [3.05, 3.63) is 24.3 Å². The summed E-state index contributed by atoms with van der Waals surface area (Å²) in [6, 6.07) is 7.36. The van der Waals surface area contributed by atoms with Gasteiger partial charge in [0.15, 0.2) is 5.13 Å². The number of nitrogens with zero attached hydrogens (tertiary/aromatic N) is 3. The van der Waals surface area contributed by atoms with Gasteiger partial charge in [-0.05, 0) is 51.7 Å². The molecule has 1 amide bonds. The number of sulfonamides is 1. The second kappa shape index (κ2) is 10.8. The van der Waals surface area contributed by atoms with Crippen LogP contribution in [0.3, 0.4) is 0 Å². The molecule has 34 heavy (non-hydrogen) atoms. The SMILES string of the molecule is CC(C)OC(=O)N1CCCC(NS(C)(=O)=O)C1COC1CCN(c2nc3ccccc3s2)CC1. The first kappa shape index (κ1) is 25.2. The number of thiazole rings is 1. The van der Waals surface area contributed by atoms with Gasteiger partial charge in [-0.3, -0.25) is 0 Å². The van der Waals surface area contributed by atoms with Crippen LogP contribution < -0.4 is 9.62 Å². The number of carbonyl (C=O) groups is 1. The molecule has 2 aliphatic heterocycles. The summed E-state index contributed by atoms with van der Waals surface area (Å²) in [5, 5.41) is 1.03. The van der Waals surface area contributed by atoms with Crippen LogP contribution in [0, 0.1) is 0 Å². The van der Waals surface area contributed by atoms with E-state index in [0.717, 1.165) is 42.8 Å². The van der Waals surface area contributed by atoms with Crippen molar-refractivity contribution in [2.45, 2.75) is 63.8 Å². The second-order valence-corrected chi connectivity index (χ2v) is 12.1. The van der Waals surface area contributed by atoms with E-state index in [9.17, 15) is 13.2 Å². The maximum absolute atomic E-state index is 12.7. The molecular formula is C23H34N4O5S2. The molecule has 0 saturated carbocycles. The number of fused-ring (bicyclic) bond motifs is 1. The number of ether oxygens (including phenoxy) is 2. The molecule has 2 unspecified atom stereocenters. The van der Waals surface area contributed by atoms with Crippen LogP contribution in [0.15, 0.2) is 24.3 Å². The topological polar surface area (TPSA) is 101 Å². The van der Waals surface area contributed by atoms with Gasteiger partial charge < -0.3 is 19.3 Å². The molecule has 2 fully saturated rings. The zero-order chi connectivity index (χ0) is 24.3. The largest absolute Gasteiger partial charge is 0.447 e. The van der Waals surface area contributed by atoms with Gasteiger partial charge in [0.1, 0.15) is 0 Å². The van der Waals surface area contributed by atoms with Gasteiger partial charge >= 0.3 is 6.09 Å². The summed E-state index contributed by atoms with van der Waals surface area (Å²) in [7, 11) is -3.42. The van der Waals surface area contributed by atoms with E-state index in [0.29, 0.717) is 19.4 Å². The Balaban J connectivity index is 1.37. The predicted octanol–water partition coefficient (Wildman–Crippen LogP) is 3.21. The van der Waals surface area contributed by atoms with E-state index in [1.165, 1.54) is 4.70 Å². The lowest BCUT2D eigenvalue weighted by molar-refractivity contribution is -0.0240. The molecule has 2 aromatic rings. The summed E-state index contributed by atoms with van der Waals surface area (Å²) in [5.74, 6) is 0. The average Bonchev–Trinajstić information content (AvgIpc) is 3.21. The third kappa shape index (κ3) is 6.38. The Hall–Kier alpha value is -1.95. The molecule has 188 valence electrons. The molecule has 2 saturated heterocycles. The highest BCUT2D eigenvalue weighted by atomic mass is 32.2. The van der Waals surface area contributed by atoms with E-state index in [1.54, 1.807) is 30.1 Å². The zero-order valence-corrected chi connectivity index (χ0v) is 21.6. The maximum Gasteiger partial charge on any atom is 0.410 e. The molecule has 1 aromatic heterocycles. The lowest BCUT2D eigenvalue weighted by atomic mass is 9.97. The first-order chi connectivity index (χ1) is 16.2. The van der Waals surface area contributed by atoms with Gasteiger partial charge in [-0.25, -0.2) is 22.9 Å². The average molecular weight is 511 g/mol. The molecule has 11 heteroatoms. The highest BCUT2D eigenvalue weighted by molar-refractivity contribution is 7.88. The van der Waals surface area contributed by atoms with Gasteiger partial charge in [0.05, 0.1) is 41.3 Å². The second-order valence-electron chi connectivity index (χ2n) is 9.32. The number of benzene rings is 1. The number of para-hydroxylation sites is 1. The van der Waals surface area contributed by atoms with Gasteiger partial charge in [0.25, 0.3) is 0 Å². The van der Waals surface area contributed by atoms with Crippen LogP contribution in [0.2, 0.25) is 0 Å². The third-order valence-corrected chi connectivity index (χ3v) is 8.04. The summed E-state index contributed by atoms with van der Waals surface area (Å²) in [6.45, 7) is 6.10. The van der Waals surface area contributed by atoms with Crippen LogP contribution in [0.4, 0.5) is 9.93 Å². The Kier molecular flexibility index (Phi) is 7.96. The number of hydrogen-bond donors (Lipinski definition) is 1. The van der Waals surface area contributed by atoms with Crippen molar-refractivity contribution < 1.29 is 22.7 Å². The number of likely N-dealkylation sites (tertiary alicyclic amines) is 1. The molecule has 1 aromatic carbocycles. The van der Waals surface area contributed by atoms with Crippen molar-refractivity contribution in [1.29, 1.82) is 0 Å². The number of carbonyl (C=O) groups excluding carboxylic acids is 1. The van der Waals surface area contributed by atoms with Gasteiger partial charge in [-0.1, -0.05) is 23.5 Å². The van der Waals surface area contributed by atoms with Crippen molar-refractivity contribution in [1.82, 2.24) is 14.6 Å². The Morgan fingerprint density at radius 3 is 2.62 bits per heavy atom. The molecule has 0 spiro atoms. The standard InChI is InChI=1S/C23H34N4O5S2/c1-16(2)32-23(28)27-12-6-8-18(25-34(3,29)30)20(27)15-31-17-10-13-26(14-11-17)22-24-19-7-4-5-9-21(19)33-22/h4-5,7,9,16-18,20,25H,6,8,10-15H2,1-3H3. The number of amides is 1. The van der Waals surface area contributed by atoms with Crippen LogP contribution in [-0.2, 0) is 19.5 Å². The quantitative estimate of drug-likeness (QED) is 0.610. The fraction of sp³-hybridized carbons (Fsp3) is 0.652. The van der Waals surface area contributed by atoms with E-state index in [2.05, 4.69) is 15.7 Å². The number of hydrogen-bond acceptors (Lipinski definition) is 8. The lowest BCUT2D eigenvalue weighted by Gasteiger charge is -2.41. The minimum atomic E-state index is -3.42. The number of rotatable bonds is 7. The fourth-order valence-corrected chi connectivity index (χ4v) is 6.46. The lowest BCUT2D eigenvalue weighted by Crippen LogP contribution is -2.59. The van der Waals surface area contributed by atoms with E-state index in [-0.39, 0.29) is 18.8 Å². The van der Waals surface area contributed by atoms with Crippen LogP contribution in [-0.4, -0.2) is 81.2 Å². The Labute approximate surface area is 205 Å². The minimum absolute atomic E-state index is 0.0504. The monoisotopic (exact) mass is 510 g/mol. The molecule has 3 heterocycles. The van der Waals surface area contributed by atoms with Gasteiger partial charge in [0.2, 0.25) is 10.0 Å². The third-order valence-electron chi connectivity index (χ3n) is 6.21. The van der Waals surface area contributed by atoms with Crippen molar-refractivity contribution >= 4 is 42.8 Å². The Bertz CT molecular complexity index is 1050. The normalized spacial score (nSPS) is 22.5. The maximum atomic E-state index is 12.7. The molecule has 0 aliphatic carbocycles. The zero-order valence-electron chi connectivity index (χ0n) is 20.0. The minimum Gasteiger partial charge on any atom is -0.447 e. The van der Waals surface area contributed by atoms with Crippen LogP contribution in [0.5, 0.6) is 0 Å². The number of anilines is 1. The number of piperidine rings is 2. The Morgan fingerprint density at radius 2 is 1.94 bits per heavy atom. The smallest absolute Gasteiger partial charge is 0.410 e. The van der Waals surface area contributed by atoms with Crippen LogP contribution in [0.1, 0.15) is 39.5 Å². The molecule has 2 aliphatic rings. The van der Waals surface area contributed by atoms with Gasteiger partial charge in [0, 0.05) is 25.7 Å². The van der Waals surface area contributed by atoms with Crippen molar-refractivity contribution in [2.24, 2.45) is 0 Å². The van der Waals surface area contributed by atoms with Crippen LogP contribution >= 0.6 is 11.3 Å². The molecular weight excluding hydrogens is 476 g/mol. The molecule has 0 radical (unpaired) electrons. The Morgan fingerprint density at radius 1 is 1.21 bits per heavy atom. The first-order valence-electron chi connectivity index (χ1n) is 11.9. The summed E-state index contributed by atoms with van der Waals surface area (Å²) in [4.78, 5) is 21.4. The van der Waals surface area contributed by atoms with E-state index < -0.39 is 28.2 Å². The molecule has 1 N–H and O–H groups in total. The summed E-state index contributed by atoms with van der Waals surface area (Å²) >= 11 is 1.71. The first-order valence-corrected chi connectivity index (χ1v) is 14.6.